The van der Waals surface area contributed by atoms with Crippen molar-refractivity contribution < 1.29 is 27.5 Å². The zero-order valence-electron chi connectivity index (χ0n) is 21.5. The molecule has 4 atom stereocenters. The summed E-state index contributed by atoms with van der Waals surface area (Å²) in [6, 6.07) is 7.80. The highest BCUT2D eigenvalue weighted by Gasteiger charge is 2.61. The van der Waals surface area contributed by atoms with Gasteiger partial charge in [-0.15, -0.1) is 0 Å². The van der Waals surface area contributed by atoms with Gasteiger partial charge >= 0.3 is 17.1 Å². The van der Waals surface area contributed by atoms with Gasteiger partial charge in [-0.3, -0.25) is 0 Å². The van der Waals surface area contributed by atoms with E-state index in [1.165, 1.54) is 11.8 Å². The first-order chi connectivity index (χ1) is 15.5. The molecule has 9 heteroatoms. The highest BCUT2D eigenvalue weighted by atomic mass is 32.2. The summed E-state index contributed by atoms with van der Waals surface area (Å²) in [5.41, 5.74) is 0.542. The maximum Gasteiger partial charge on any atom is 0.335 e. The Morgan fingerprint density at radius 3 is 1.94 bits per heavy atom. The number of ether oxygens (including phenoxy) is 2. The van der Waals surface area contributed by atoms with Gasteiger partial charge in [0.2, 0.25) is 0 Å². The van der Waals surface area contributed by atoms with Gasteiger partial charge in [-0.1, -0.05) is 67.2 Å². The SMILES string of the molecule is COc1ccc(S[C@@H]2O[C@@H]3CO[Si](C(C)C)(C(C)C)O[Si](C(C)C)(C(C)C)O[C@H]3[C@H]2O)cc1. The van der Waals surface area contributed by atoms with Crippen molar-refractivity contribution in [2.24, 2.45) is 0 Å². The summed E-state index contributed by atoms with van der Waals surface area (Å²) < 4.78 is 32.6. The third-order valence-corrected chi connectivity index (χ3v) is 18.3. The van der Waals surface area contributed by atoms with Crippen LogP contribution in [0.1, 0.15) is 55.4 Å². The average Bonchev–Trinajstić information content (AvgIpc) is 3.01. The first-order valence-electron chi connectivity index (χ1n) is 12.1. The van der Waals surface area contributed by atoms with Gasteiger partial charge in [0, 0.05) is 4.90 Å². The molecule has 1 aromatic carbocycles. The third-order valence-electron chi connectivity index (χ3n) is 6.93. The van der Waals surface area contributed by atoms with Crippen molar-refractivity contribution in [2.45, 2.75) is 106 Å². The number of hydrogen-bond acceptors (Lipinski definition) is 7. The van der Waals surface area contributed by atoms with Crippen molar-refractivity contribution in [3.63, 3.8) is 0 Å². The predicted molar refractivity (Wildman–Crippen MR) is 137 cm³/mol. The molecule has 2 heterocycles. The molecule has 0 saturated carbocycles. The van der Waals surface area contributed by atoms with Gasteiger partial charge in [-0.2, -0.15) is 0 Å². The Labute approximate surface area is 206 Å². The Kier molecular flexibility index (Phi) is 8.82. The predicted octanol–water partition coefficient (Wildman–Crippen LogP) is 5.83. The lowest BCUT2D eigenvalue weighted by molar-refractivity contribution is -0.0315. The molecular weight excluding hydrogens is 472 g/mol. The molecule has 0 bridgehead atoms. The quantitative estimate of drug-likeness (QED) is 0.459. The summed E-state index contributed by atoms with van der Waals surface area (Å²) in [7, 11) is -3.73. The number of aliphatic hydroxyl groups is 1. The summed E-state index contributed by atoms with van der Waals surface area (Å²) in [6.07, 6.45) is -1.57. The molecule has 6 nitrogen and oxygen atoms in total. The summed E-state index contributed by atoms with van der Waals surface area (Å²) in [4.78, 5) is 1.01. The molecule has 0 aromatic heterocycles. The Morgan fingerprint density at radius 1 is 0.909 bits per heavy atom. The van der Waals surface area contributed by atoms with E-state index in [0.29, 0.717) is 6.61 Å². The smallest absolute Gasteiger partial charge is 0.335 e. The first kappa shape index (κ1) is 27.2. The zero-order valence-corrected chi connectivity index (χ0v) is 24.3. The van der Waals surface area contributed by atoms with E-state index in [4.69, 9.17) is 22.4 Å². The lowest BCUT2D eigenvalue weighted by Gasteiger charge is -2.51. The van der Waals surface area contributed by atoms with Gasteiger partial charge in [0.05, 0.1) is 13.7 Å². The van der Waals surface area contributed by atoms with E-state index in [2.05, 4.69) is 55.4 Å². The van der Waals surface area contributed by atoms with Crippen molar-refractivity contribution in [3.05, 3.63) is 24.3 Å². The summed E-state index contributed by atoms with van der Waals surface area (Å²) in [5, 5.41) is 11.3. The van der Waals surface area contributed by atoms with Crippen LogP contribution in [0.4, 0.5) is 0 Å². The second-order valence-electron chi connectivity index (χ2n) is 10.4. The molecule has 33 heavy (non-hydrogen) atoms. The molecule has 2 fully saturated rings. The van der Waals surface area contributed by atoms with Crippen molar-refractivity contribution in [3.8, 4) is 5.75 Å². The molecule has 1 aromatic rings. The van der Waals surface area contributed by atoms with Crippen LogP contribution >= 0.6 is 11.8 Å². The second-order valence-corrected chi connectivity index (χ2v) is 20.4. The van der Waals surface area contributed by atoms with Crippen molar-refractivity contribution in [1.82, 2.24) is 0 Å². The van der Waals surface area contributed by atoms with Crippen molar-refractivity contribution >= 4 is 28.9 Å². The fraction of sp³-hybridized carbons (Fsp3) is 0.750. The van der Waals surface area contributed by atoms with E-state index in [9.17, 15) is 5.11 Å². The second kappa shape index (κ2) is 10.7. The van der Waals surface area contributed by atoms with Crippen LogP contribution in [-0.4, -0.2) is 59.7 Å². The van der Waals surface area contributed by atoms with E-state index in [1.807, 2.05) is 24.3 Å². The Morgan fingerprint density at radius 2 is 1.45 bits per heavy atom. The molecule has 0 radical (unpaired) electrons. The summed E-state index contributed by atoms with van der Waals surface area (Å²) in [5.74, 6) is 0.802. The van der Waals surface area contributed by atoms with Gasteiger partial charge < -0.3 is 27.5 Å². The standard InChI is InChI=1S/C24H42O6SSi2/c1-15(2)32(16(3)4)27-14-21-23(29-33(30-32,17(5)6)18(7)8)22(25)24(28-21)31-20-12-10-19(26-9)11-13-20/h10-13,15-18,21-25H,14H2,1-9H3/t21-,22-,23-,24+/m1/s1. The molecule has 2 aliphatic rings. The van der Waals surface area contributed by atoms with E-state index < -0.39 is 34.8 Å². The van der Waals surface area contributed by atoms with Gasteiger partial charge in [0.25, 0.3) is 0 Å². The molecule has 0 amide bonds. The number of thioether (sulfide) groups is 1. The third kappa shape index (κ3) is 5.25. The number of benzene rings is 1. The molecule has 188 valence electrons. The Balaban J connectivity index is 1.93. The van der Waals surface area contributed by atoms with Crippen LogP contribution < -0.4 is 4.74 Å². The normalized spacial score (nSPS) is 29.4. The van der Waals surface area contributed by atoms with Crippen LogP contribution in [0, 0.1) is 0 Å². The van der Waals surface area contributed by atoms with E-state index in [0.717, 1.165) is 10.6 Å². The number of aliphatic hydroxyl groups excluding tert-OH is 1. The molecule has 0 unspecified atom stereocenters. The Bertz CT molecular complexity index is 757. The van der Waals surface area contributed by atoms with E-state index in [-0.39, 0.29) is 28.3 Å². The van der Waals surface area contributed by atoms with Crippen LogP contribution in [0.5, 0.6) is 5.75 Å². The average molecular weight is 515 g/mol. The molecule has 3 rings (SSSR count). The molecule has 0 aliphatic carbocycles. The highest BCUT2D eigenvalue weighted by molar-refractivity contribution is 7.99. The van der Waals surface area contributed by atoms with Gasteiger partial charge in [0.1, 0.15) is 29.5 Å². The Hall–Kier alpha value is -0.396. The van der Waals surface area contributed by atoms with Crippen LogP contribution in [0.2, 0.25) is 22.2 Å². The number of hydrogen-bond donors (Lipinski definition) is 1. The number of fused-ring (bicyclic) bond motifs is 1. The summed E-state index contributed by atoms with van der Waals surface area (Å²) >= 11 is 1.51. The lowest BCUT2D eigenvalue weighted by Crippen LogP contribution is -2.65. The maximum atomic E-state index is 11.3. The minimum atomic E-state index is -2.77. The van der Waals surface area contributed by atoms with Gasteiger partial charge in [0.15, 0.2) is 0 Å². The lowest BCUT2D eigenvalue weighted by atomic mass is 10.2. The molecule has 2 saturated heterocycles. The van der Waals surface area contributed by atoms with Gasteiger partial charge in [-0.25, -0.2) is 0 Å². The van der Waals surface area contributed by atoms with Crippen LogP contribution in [0.3, 0.4) is 0 Å². The van der Waals surface area contributed by atoms with E-state index >= 15 is 0 Å². The molecule has 1 N–H and O–H groups in total. The van der Waals surface area contributed by atoms with Crippen LogP contribution in [-0.2, 0) is 17.7 Å². The van der Waals surface area contributed by atoms with Crippen molar-refractivity contribution in [2.75, 3.05) is 13.7 Å². The van der Waals surface area contributed by atoms with Gasteiger partial charge in [-0.05, 0) is 46.4 Å². The largest absolute Gasteiger partial charge is 0.497 e. The number of rotatable bonds is 7. The minimum absolute atomic E-state index is 0.213. The fourth-order valence-electron chi connectivity index (χ4n) is 5.01. The zero-order chi connectivity index (χ0) is 24.6. The topological polar surface area (TPSA) is 66.4 Å². The van der Waals surface area contributed by atoms with E-state index in [1.54, 1.807) is 7.11 Å². The molecule has 2 aliphatic heterocycles. The maximum absolute atomic E-state index is 11.3. The van der Waals surface area contributed by atoms with Crippen LogP contribution in [0.25, 0.3) is 0 Å². The van der Waals surface area contributed by atoms with Crippen molar-refractivity contribution in [1.29, 1.82) is 0 Å². The molecule has 0 spiro atoms. The summed E-state index contributed by atoms with van der Waals surface area (Å²) in [6.45, 7) is 18.0. The van der Waals surface area contributed by atoms with Crippen LogP contribution in [0.15, 0.2) is 29.2 Å². The molecular formula is C24H42O6SSi2. The highest BCUT2D eigenvalue weighted by Crippen LogP contribution is 2.48. The monoisotopic (exact) mass is 514 g/mol. The minimum Gasteiger partial charge on any atom is -0.497 e. The fourth-order valence-corrected chi connectivity index (χ4v) is 17.3. The number of methoxy groups -OCH3 is 1. The first-order valence-corrected chi connectivity index (χ1v) is 16.9.